The predicted molar refractivity (Wildman–Crippen MR) is 150 cm³/mol. The van der Waals surface area contributed by atoms with Crippen LogP contribution in [-0.2, 0) is 16.1 Å². The number of nitrogens with zero attached hydrogens (tertiary/aromatic N) is 3. The van der Waals surface area contributed by atoms with E-state index in [1.807, 2.05) is 43.3 Å². The zero-order valence-electron chi connectivity index (χ0n) is 22.8. The molecule has 1 saturated heterocycles. The number of benzene rings is 2. The number of carboxylic acids is 1. The molecule has 2 aliphatic rings. The second-order valence-corrected chi connectivity index (χ2v) is 11.2. The number of hydrogen-bond acceptors (Lipinski definition) is 5. The highest BCUT2D eigenvalue weighted by Crippen LogP contribution is 2.33. The molecular formula is C30H38ClN3O5. The van der Waals surface area contributed by atoms with Crippen molar-refractivity contribution < 1.29 is 24.2 Å². The van der Waals surface area contributed by atoms with Gasteiger partial charge in [0.25, 0.3) is 0 Å². The third-order valence-corrected chi connectivity index (χ3v) is 7.96. The van der Waals surface area contributed by atoms with E-state index in [1.165, 1.54) is 41.9 Å². The molecule has 2 fully saturated rings. The van der Waals surface area contributed by atoms with Crippen molar-refractivity contribution >= 4 is 29.5 Å². The Morgan fingerprint density at radius 2 is 1.85 bits per heavy atom. The van der Waals surface area contributed by atoms with Crippen LogP contribution in [0.1, 0.15) is 61.3 Å². The van der Waals surface area contributed by atoms with Crippen LogP contribution in [0.25, 0.3) is 0 Å². The van der Waals surface area contributed by atoms with Crippen LogP contribution >= 0.6 is 11.6 Å². The lowest BCUT2D eigenvalue weighted by Gasteiger charge is -2.35. The Balaban J connectivity index is 1.48. The number of aryl methyl sites for hydroxylation is 1. The fraction of sp³-hybridized carbons (Fsp3) is 0.500. The highest BCUT2D eigenvalue weighted by molar-refractivity contribution is 6.30. The summed E-state index contributed by atoms with van der Waals surface area (Å²) >= 11 is 6.13. The minimum absolute atomic E-state index is 0.0116. The standard InChI is InChI=1S/C30H38ClN3O5/c1-21-16-23(8-13-27(21)39-15-14-34-28(35)20-32(2)30(34)38)19-33(18-22-6-4-3-5-7-22)26(17-29(36)37)24-9-11-25(31)12-10-24/h8-13,16,22,26H,3-7,14-15,17-20H2,1-2H3,(H,36,37)/t26-/m0/s1. The van der Waals surface area contributed by atoms with E-state index in [4.69, 9.17) is 16.3 Å². The van der Waals surface area contributed by atoms with E-state index >= 15 is 0 Å². The summed E-state index contributed by atoms with van der Waals surface area (Å²) in [4.78, 5) is 40.9. The number of carboxylic acid groups (broad SMARTS) is 1. The Kier molecular flexibility index (Phi) is 9.86. The van der Waals surface area contributed by atoms with E-state index in [9.17, 15) is 19.5 Å². The molecule has 1 aliphatic heterocycles. The van der Waals surface area contributed by atoms with Gasteiger partial charge >= 0.3 is 12.0 Å². The Labute approximate surface area is 235 Å². The van der Waals surface area contributed by atoms with E-state index in [1.54, 1.807) is 7.05 Å². The number of urea groups is 1. The van der Waals surface area contributed by atoms with E-state index in [0.717, 1.165) is 23.2 Å². The smallest absolute Gasteiger partial charge is 0.327 e. The van der Waals surface area contributed by atoms with E-state index in [2.05, 4.69) is 11.0 Å². The largest absolute Gasteiger partial charge is 0.491 e. The number of carbonyl (C=O) groups is 3. The normalized spacial score (nSPS) is 17.2. The lowest BCUT2D eigenvalue weighted by molar-refractivity contribution is -0.138. The molecular weight excluding hydrogens is 518 g/mol. The number of rotatable bonds is 12. The van der Waals surface area contributed by atoms with Crippen LogP contribution in [-0.4, -0.2) is 71.0 Å². The molecule has 4 rings (SSSR count). The van der Waals surface area contributed by atoms with Gasteiger partial charge in [-0.3, -0.25) is 19.4 Å². The number of aliphatic carboxylic acids is 1. The van der Waals surface area contributed by atoms with E-state index in [-0.39, 0.29) is 44.1 Å². The monoisotopic (exact) mass is 555 g/mol. The first-order chi connectivity index (χ1) is 18.7. The topological polar surface area (TPSA) is 90.4 Å². The van der Waals surface area contributed by atoms with Crippen LogP contribution in [0.4, 0.5) is 4.79 Å². The number of amides is 3. The van der Waals surface area contributed by atoms with Gasteiger partial charge < -0.3 is 14.7 Å². The zero-order valence-corrected chi connectivity index (χ0v) is 23.5. The summed E-state index contributed by atoms with van der Waals surface area (Å²) in [5.74, 6) is 0.198. The van der Waals surface area contributed by atoms with E-state index < -0.39 is 5.97 Å². The van der Waals surface area contributed by atoms with Crippen molar-refractivity contribution in [1.82, 2.24) is 14.7 Å². The van der Waals surface area contributed by atoms with Gasteiger partial charge in [-0.05, 0) is 60.6 Å². The number of hydrogen-bond donors (Lipinski definition) is 1. The SMILES string of the molecule is Cc1cc(CN(CC2CCCCC2)[C@@H](CC(=O)O)c2ccc(Cl)cc2)ccc1OCCN1C(=O)CN(C)C1=O. The van der Waals surface area contributed by atoms with Gasteiger partial charge in [-0.2, -0.15) is 0 Å². The van der Waals surface area contributed by atoms with Gasteiger partial charge in [0.05, 0.1) is 13.0 Å². The molecule has 3 amide bonds. The summed E-state index contributed by atoms with van der Waals surface area (Å²) in [6.45, 7) is 3.94. The molecule has 9 heteroatoms. The summed E-state index contributed by atoms with van der Waals surface area (Å²) in [5.41, 5.74) is 2.97. The minimum Gasteiger partial charge on any atom is -0.491 e. The molecule has 0 spiro atoms. The second-order valence-electron chi connectivity index (χ2n) is 10.7. The van der Waals surface area contributed by atoms with Gasteiger partial charge in [-0.15, -0.1) is 0 Å². The van der Waals surface area contributed by atoms with Gasteiger partial charge in [-0.1, -0.05) is 55.1 Å². The number of halogens is 1. The molecule has 2 aromatic carbocycles. The average molecular weight is 556 g/mol. The molecule has 1 aliphatic carbocycles. The fourth-order valence-corrected chi connectivity index (χ4v) is 5.78. The number of carbonyl (C=O) groups excluding carboxylic acids is 2. The van der Waals surface area contributed by atoms with Gasteiger partial charge in [-0.25, -0.2) is 4.79 Å². The molecule has 1 atom stereocenters. The van der Waals surface area contributed by atoms with Crippen molar-refractivity contribution in [3.8, 4) is 5.75 Å². The highest BCUT2D eigenvalue weighted by atomic mass is 35.5. The summed E-state index contributed by atoms with van der Waals surface area (Å²) in [5, 5.41) is 10.4. The molecule has 210 valence electrons. The maximum atomic E-state index is 12.1. The Morgan fingerprint density at radius 1 is 1.13 bits per heavy atom. The first-order valence-corrected chi connectivity index (χ1v) is 14.1. The lowest BCUT2D eigenvalue weighted by atomic mass is 9.88. The Bertz CT molecular complexity index is 1170. The summed E-state index contributed by atoms with van der Waals surface area (Å²) in [7, 11) is 1.61. The predicted octanol–water partition coefficient (Wildman–Crippen LogP) is 5.52. The number of ether oxygens (including phenoxy) is 1. The molecule has 1 saturated carbocycles. The summed E-state index contributed by atoms with van der Waals surface area (Å²) in [6, 6.07) is 12.9. The molecule has 0 radical (unpaired) electrons. The molecule has 0 unspecified atom stereocenters. The molecule has 0 aromatic heterocycles. The molecule has 1 heterocycles. The first kappa shape index (κ1) is 28.9. The summed E-state index contributed by atoms with van der Waals surface area (Å²) < 4.78 is 5.92. The third-order valence-electron chi connectivity index (χ3n) is 7.71. The maximum Gasteiger partial charge on any atom is 0.327 e. The Hall–Kier alpha value is -3.10. The average Bonchev–Trinajstić information content (AvgIpc) is 3.15. The number of likely N-dealkylation sites (N-methyl/N-ethyl adjacent to an activating group) is 1. The summed E-state index contributed by atoms with van der Waals surface area (Å²) in [6.07, 6.45) is 6.06. The van der Waals surface area contributed by atoms with Crippen LogP contribution in [0, 0.1) is 12.8 Å². The zero-order chi connectivity index (χ0) is 27.9. The quantitative estimate of drug-likeness (QED) is 0.347. The molecule has 39 heavy (non-hydrogen) atoms. The Morgan fingerprint density at radius 3 is 2.46 bits per heavy atom. The minimum atomic E-state index is -0.829. The van der Waals surface area contributed by atoms with Gasteiger partial charge in [0.15, 0.2) is 0 Å². The molecule has 0 bridgehead atoms. The maximum absolute atomic E-state index is 12.1. The van der Waals surface area contributed by atoms with Crippen molar-refractivity contribution in [3.63, 3.8) is 0 Å². The lowest BCUT2D eigenvalue weighted by Crippen LogP contribution is -2.35. The van der Waals surface area contributed by atoms with Crippen molar-refractivity contribution in [2.45, 2.75) is 58.0 Å². The fourth-order valence-electron chi connectivity index (χ4n) is 5.65. The van der Waals surface area contributed by atoms with Crippen LogP contribution in [0.2, 0.25) is 5.02 Å². The third kappa shape index (κ3) is 7.73. The van der Waals surface area contributed by atoms with Crippen LogP contribution in [0.3, 0.4) is 0 Å². The second kappa shape index (κ2) is 13.3. The molecule has 2 aromatic rings. The van der Waals surface area contributed by atoms with Crippen molar-refractivity contribution in [1.29, 1.82) is 0 Å². The van der Waals surface area contributed by atoms with Gasteiger partial charge in [0.1, 0.15) is 18.9 Å². The van der Waals surface area contributed by atoms with E-state index in [0.29, 0.717) is 23.2 Å². The number of imide groups is 1. The van der Waals surface area contributed by atoms with Gasteiger partial charge in [0.2, 0.25) is 5.91 Å². The molecule has 1 N–H and O–H groups in total. The van der Waals surface area contributed by atoms with Gasteiger partial charge in [0, 0.05) is 31.2 Å². The first-order valence-electron chi connectivity index (χ1n) is 13.7. The van der Waals surface area contributed by atoms with Crippen molar-refractivity contribution in [2.75, 3.05) is 33.3 Å². The van der Waals surface area contributed by atoms with Crippen LogP contribution in [0.5, 0.6) is 5.75 Å². The van der Waals surface area contributed by atoms with Crippen LogP contribution < -0.4 is 4.74 Å². The highest BCUT2D eigenvalue weighted by Gasteiger charge is 2.33. The molecule has 8 nitrogen and oxygen atoms in total. The van der Waals surface area contributed by atoms with Crippen molar-refractivity contribution in [3.05, 3.63) is 64.2 Å². The van der Waals surface area contributed by atoms with Crippen LogP contribution in [0.15, 0.2) is 42.5 Å². The van der Waals surface area contributed by atoms with Crippen molar-refractivity contribution in [2.24, 2.45) is 5.92 Å².